The lowest BCUT2D eigenvalue weighted by atomic mass is 10.2. The van der Waals surface area contributed by atoms with Crippen LogP contribution in [0, 0.1) is 12.3 Å². The van der Waals surface area contributed by atoms with E-state index in [1.54, 1.807) is 6.42 Å². The first-order chi connectivity index (χ1) is 4.20. The minimum atomic E-state index is -1.03. The van der Waals surface area contributed by atoms with Gasteiger partial charge in [0.15, 0.2) is 0 Å². The van der Waals surface area contributed by atoms with Crippen molar-refractivity contribution in [3.05, 3.63) is 6.42 Å². The van der Waals surface area contributed by atoms with Gasteiger partial charge in [0.1, 0.15) is 6.10 Å². The molecule has 51 valence electrons. The zero-order valence-corrected chi connectivity index (χ0v) is 5.08. The predicted octanol–water partition coefficient (Wildman–Crippen LogP) is -0.553. The van der Waals surface area contributed by atoms with Gasteiger partial charge in [-0.2, -0.15) is 0 Å². The molecule has 0 aromatic heterocycles. The van der Waals surface area contributed by atoms with Crippen LogP contribution in [0.2, 0.25) is 0 Å². The summed E-state index contributed by atoms with van der Waals surface area (Å²) in [5.74, 6) is -0.214. The van der Waals surface area contributed by atoms with Gasteiger partial charge in [-0.15, -0.1) is 0 Å². The van der Waals surface area contributed by atoms with Gasteiger partial charge < -0.3 is 10.8 Å². The number of hydrogen-bond donors (Lipinski definition) is 2. The molecule has 0 aromatic rings. The van der Waals surface area contributed by atoms with E-state index in [-0.39, 0.29) is 0 Å². The van der Waals surface area contributed by atoms with E-state index >= 15 is 0 Å². The van der Waals surface area contributed by atoms with Crippen LogP contribution in [0.1, 0.15) is 12.8 Å². The molecule has 0 saturated heterocycles. The number of rotatable bonds is 3. The van der Waals surface area contributed by atoms with Crippen molar-refractivity contribution in [3.8, 4) is 0 Å². The van der Waals surface area contributed by atoms with Gasteiger partial charge in [-0.25, -0.2) is 0 Å². The van der Waals surface area contributed by atoms with Gasteiger partial charge in [0.2, 0.25) is 5.91 Å². The van der Waals surface area contributed by atoms with Crippen molar-refractivity contribution in [1.29, 1.82) is 0 Å². The summed E-state index contributed by atoms with van der Waals surface area (Å²) in [6.45, 7) is 0. The third-order valence-corrected chi connectivity index (χ3v) is 1.37. The smallest absolute Gasteiger partial charge is 0.246 e. The van der Waals surface area contributed by atoms with Crippen LogP contribution in [0.5, 0.6) is 0 Å². The molecule has 0 bridgehead atoms. The fourth-order valence-corrected chi connectivity index (χ4v) is 0.641. The Morgan fingerprint density at radius 2 is 2.33 bits per heavy atom. The monoisotopic (exact) mass is 128 g/mol. The highest BCUT2D eigenvalue weighted by molar-refractivity contribution is 5.80. The Bertz CT molecular complexity index is 120. The zero-order chi connectivity index (χ0) is 6.85. The summed E-state index contributed by atoms with van der Waals surface area (Å²) in [5, 5.41) is 8.81. The minimum absolute atomic E-state index is 0.437. The lowest BCUT2D eigenvalue weighted by Gasteiger charge is -2.01. The first kappa shape index (κ1) is 6.55. The number of amides is 1. The molecule has 3 N–H and O–H groups in total. The highest BCUT2D eigenvalue weighted by Crippen LogP contribution is 2.32. The summed E-state index contributed by atoms with van der Waals surface area (Å²) < 4.78 is 0. The Morgan fingerprint density at radius 1 is 1.78 bits per heavy atom. The van der Waals surface area contributed by atoms with Gasteiger partial charge in [-0.05, 0) is 18.8 Å². The minimum Gasteiger partial charge on any atom is -0.383 e. The van der Waals surface area contributed by atoms with Gasteiger partial charge in [0.25, 0.3) is 0 Å². The predicted molar refractivity (Wildman–Crippen MR) is 32.2 cm³/mol. The number of aliphatic hydroxyl groups excluding tert-OH is 1. The van der Waals surface area contributed by atoms with Crippen LogP contribution in [0.3, 0.4) is 0 Å². The molecule has 1 fully saturated rings. The van der Waals surface area contributed by atoms with Crippen LogP contribution >= 0.6 is 0 Å². The molecule has 1 rings (SSSR count). The second kappa shape index (κ2) is 2.35. The molecule has 1 atom stereocenters. The van der Waals surface area contributed by atoms with E-state index in [0.717, 1.165) is 12.8 Å². The van der Waals surface area contributed by atoms with E-state index in [1.807, 2.05) is 0 Å². The largest absolute Gasteiger partial charge is 0.383 e. The van der Waals surface area contributed by atoms with Gasteiger partial charge in [0.05, 0.1) is 0 Å². The van der Waals surface area contributed by atoms with Crippen molar-refractivity contribution in [3.63, 3.8) is 0 Å². The third-order valence-electron chi connectivity index (χ3n) is 1.37. The topological polar surface area (TPSA) is 63.3 Å². The van der Waals surface area contributed by atoms with E-state index in [4.69, 9.17) is 10.8 Å². The Morgan fingerprint density at radius 3 is 2.67 bits per heavy atom. The van der Waals surface area contributed by atoms with E-state index in [1.165, 1.54) is 0 Å². The summed E-state index contributed by atoms with van der Waals surface area (Å²) >= 11 is 0. The summed E-state index contributed by atoms with van der Waals surface area (Å²) in [5.41, 5.74) is 4.79. The number of carbonyl (C=O) groups excluding carboxylic acids is 1. The van der Waals surface area contributed by atoms with Crippen LogP contribution in [0.15, 0.2) is 0 Å². The highest BCUT2D eigenvalue weighted by Gasteiger charge is 2.26. The summed E-state index contributed by atoms with van der Waals surface area (Å²) in [4.78, 5) is 10.2. The quantitative estimate of drug-likeness (QED) is 0.535. The fourth-order valence-electron chi connectivity index (χ4n) is 0.641. The number of hydrogen-bond acceptors (Lipinski definition) is 2. The molecule has 0 aliphatic heterocycles. The summed E-state index contributed by atoms with van der Waals surface area (Å²) in [6, 6.07) is 0. The third kappa shape index (κ3) is 2.01. The van der Waals surface area contributed by atoms with Crippen LogP contribution in [0.4, 0.5) is 0 Å². The lowest BCUT2D eigenvalue weighted by molar-refractivity contribution is -0.124. The SMILES string of the molecule is NC(=O)[C@@H](O)[CH]C1CC1. The highest BCUT2D eigenvalue weighted by atomic mass is 16.3. The molecule has 0 heterocycles. The van der Waals surface area contributed by atoms with Crippen molar-refractivity contribution in [2.75, 3.05) is 0 Å². The first-order valence-electron chi connectivity index (χ1n) is 3.02. The van der Waals surface area contributed by atoms with Crippen LogP contribution < -0.4 is 5.73 Å². The van der Waals surface area contributed by atoms with Crippen molar-refractivity contribution >= 4 is 5.91 Å². The molecule has 0 unspecified atom stereocenters. The molecule has 0 spiro atoms. The van der Waals surface area contributed by atoms with Crippen molar-refractivity contribution < 1.29 is 9.90 Å². The molecule has 0 aromatic carbocycles. The average molecular weight is 128 g/mol. The zero-order valence-electron chi connectivity index (χ0n) is 5.08. The maximum absolute atomic E-state index is 10.2. The molecular weight excluding hydrogens is 118 g/mol. The van der Waals surface area contributed by atoms with Crippen LogP contribution in [0.25, 0.3) is 0 Å². The van der Waals surface area contributed by atoms with Crippen molar-refractivity contribution in [2.24, 2.45) is 11.7 Å². The van der Waals surface area contributed by atoms with Gasteiger partial charge in [-0.3, -0.25) is 4.79 Å². The lowest BCUT2D eigenvalue weighted by Crippen LogP contribution is -2.28. The van der Waals surface area contributed by atoms with E-state index in [0.29, 0.717) is 5.92 Å². The van der Waals surface area contributed by atoms with E-state index in [9.17, 15) is 4.79 Å². The van der Waals surface area contributed by atoms with Gasteiger partial charge in [0, 0.05) is 6.42 Å². The normalized spacial score (nSPS) is 21.4. The number of nitrogens with two attached hydrogens (primary N) is 1. The summed E-state index contributed by atoms with van der Waals surface area (Å²) in [6.07, 6.45) is 2.74. The molecule has 1 amide bonds. The van der Waals surface area contributed by atoms with Crippen LogP contribution in [-0.2, 0) is 4.79 Å². The number of carbonyl (C=O) groups is 1. The standard InChI is InChI=1S/C6H10NO2/c7-6(9)5(8)3-4-1-2-4/h3-5,8H,1-2H2,(H2,7,9)/t5-/m0/s1. The van der Waals surface area contributed by atoms with E-state index in [2.05, 4.69) is 0 Å². The first-order valence-corrected chi connectivity index (χ1v) is 3.02. The Hall–Kier alpha value is -0.570. The maximum atomic E-state index is 10.2. The Labute approximate surface area is 53.9 Å². The molecular formula is C6H10NO2. The second-order valence-corrected chi connectivity index (χ2v) is 2.38. The molecule has 3 heteroatoms. The van der Waals surface area contributed by atoms with Crippen LogP contribution in [-0.4, -0.2) is 17.1 Å². The Balaban J connectivity index is 2.16. The summed E-state index contributed by atoms with van der Waals surface area (Å²) in [7, 11) is 0. The van der Waals surface area contributed by atoms with Gasteiger partial charge >= 0.3 is 0 Å². The molecule has 1 saturated carbocycles. The average Bonchev–Trinajstić information content (AvgIpc) is 2.50. The fraction of sp³-hybridized carbons (Fsp3) is 0.667. The molecule has 9 heavy (non-hydrogen) atoms. The van der Waals surface area contributed by atoms with E-state index < -0.39 is 12.0 Å². The maximum Gasteiger partial charge on any atom is 0.246 e. The molecule has 1 aliphatic carbocycles. The van der Waals surface area contributed by atoms with Gasteiger partial charge in [-0.1, -0.05) is 0 Å². The Kier molecular flexibility index (Phi) is 1.71. The molecule has 3 nitrogen and oxygen atoms in total. The molecule has 1 radical (unpaired) electrons. The molecule has 1 aliphatic rings. The number of aliphatic hydroxyl groups is 1. The second-order valence-electron chi connectivity index (χ2n) is 2.38. The van der Waals surface area contributed by atoms with Crippen molar-refractivity contribution in [2.45, 2.75) is 18.9 Å². The number of primary amides is 1. The van der Waals surface area contributed by atoms with Crippen molar-refractivity contribution in [1.82, 2.24) is 0 Å².